The summed E-state index contributed by atoms with van der Waals surface area (Å²) >= 11 is 0. The van der Waals surface area contributed by atoms with E-state index in [9.17, 15) is 13.2 Å². The predicted molar refractivity (Wildman–Crippen MR) is 107 cm³/mol. The fraction of sp³-hybridized carbons (Fsp3) is 0.450. The first-order valence-corrected chi connectivity index (χ1v) is 10.9. The van der Waals surface area contributed by atoms with Crippen molar-refractivity contribution in [3.8, 4) is 0 Å². The molecular formula is C20H27N3O4S. The second-order valence-electron chi connectivity index (χ2n) is 7.19. The summed E-state index contributed by atoms with van der Waals surface area (Å²) in [6, 6.07) is 10.1. The van der Waals surface area contributed by atoms with Gasteiger partial charge in [-0.05, 0) is 51.2 Å². The molecule has 8 heteroatoms. The monoisotopic (exact) mass is 405 g/mol. The summed E-state index contributed by atoms with van der Waals surface area (Å²) < 4.78 is 32.4. The number of hydrogen-bond acceptors (Lipinski definition) is 6. The van der Waals surface area contributed by atoms with Crippen LogP contribution in [0.1, 0.15) is 35.0 Å². The minimum absolute atomic E-state index is 0.00433. The van der Waals surface area contributed by atoms with Gasteiger partial charge in [0.1, 0.15) is 5.76 Å². The maximum absolute atomic E-state index is 12.7. The topological polar surface area (TPSA) is 82.9 Å². The average Bonchev–Trinajstić information content (AvgIpc) is 3.39. The number of sulfonamides is 1. The van der Waals surface area contributed by atoms with Gasteiger partial charge in [0.15, 0.2) is 5.78 Å². The Labute approximate surface area is 166 Å². The quantitative estimate of drug-likeness (QED) is 0.644. The summed E-state index contributed by atoms with van der Waals surface area (Å²) in [4.78, 5) is 14.8. The number of rotatable bonds is 9. The molecule has 1 saturated heterocycles. The van der Waals surface area contributed by atoms with Gasteiger partial charge in [0.05, 0.1) is 23.7 Å². The molecule has 1 unspecified atom stereocenters. The molecule has 0 amide bonds. The third kappa shape index (κ3) is 4.70. The molecule has 0 aliphatic carbocycles. The van der Waals surface area contributed by atoms with Crippen LogP contribution in [0, 0.1) is 0 Å². The summed E-state index contributed by atoms with van der Waals surface area (Å²) in [5.74, 6) is 0.680. The number of carbonyl (C=O) groups excluding carboxylic acids is 1. The number of furan rings is 1. The first-order chi connectivity index (χ1) is 13.4. The van der Waals surface area contributed by atoms with E-state index < -0.39 is 10.0 Å². The van der Waals surface area contributed by atoms with Gasteiger partial charge in [-0.2, -0.15) is 4.31 Å². The maximum Gasteiger partial charge on any atom is 0.243 e. The van der Waals surface area contributed by atoms with Crippen molar-refractivity contribution >= 4 is 15.8 Å². The lowest BCUT2D eigenvalue weighted by Gasteiger charge is -2.22. The van der Waals surface area contributed by atoms with E-state index in [4.69, 9.17) is 4.42 Å². The van der Waals surface area contributed by atoms with E-state index in [-0.39, 0.29) is 23.3 Å². The Bertz CT molecular complexity index is 888. The molecule has 0 radical (unpaired) electrons. The molecule has 152 valence electrons. The number of nitrogens with one attached hydrogen (secondary N) is 1. The van der Waals surface area contributed by atoms with Crippen molar-refractivity contribution in [2.75, 3.05) is 40.3 Å². The van der Waals surface area contributed by atoms with Gasteiger partial charge in [0.25, 0.3) is 0 Å². The van der Waals surface area contributed by atoms with Crippen LogP contribution in [0.5, 0.6) is 0 Å². The number of likely N-dealkylation sites (N-methyl/N-ethyl adjacent to an activating group) is 1. The fourth-order valence-electron chi connectivity index (χ4n) is 3.35. The summed E-state index contributed by atoms with van der Waals surface area (Å²) in [6.45, 7) is 1.75. The Hall–Kier alpha value is -2.00. The molecule has 0 bridgehead atoms. The molecule has 0 saturated carbocycles. The first kappa shape index (κ1) is 20.7. The minimum atomic E-state index is -3.53. The standard InChI is InChI=1S/C20H27N3O4S/c1-22(2)18(20-9-6-12-27-20)14-21-15-19(24)16-7-5-8-17(13-16)28(25,26)23-10-3-4-11-23/h5-9,12-13,18,21H,3-4,10-11,14-15H2,1-2H3. The highest BCUT2D eigenvalue weighted by atomic mass is 32.2. The molecule has 3 rings (SSSR count). The van der Waals surface area contributed by atoms with Crippen molar-refractivity contribution in [1.29, 1.82) is 0 Å². The van der Waals surface area contributed by atoms with Gasteiger partial charge < -0.3 is 9.73 Å². The largest absolute Gasteiger partial charge is 0.468 e. The predicted octanol–water partition coefficient (Wildman–Crippen LogP) is 2.14. The van der Waals surface area contributed by atoms with Crippen molar-refractivity contribution in [2.45, 2.75) is 23.8 Å². The molecule has 1 aromatic carbocycles. The van der Waals surface area contributed by atoms with Crippen LogP contribution in [-0.2, 0) is 10.0 Å². The van der Waals surface area contributed by atoms with Crippen LogP contribution in [0.3, 0.4) is 0 Å². The third-order valence-electron chi connectivity index (χ3n) is 4.98. The van der Waals surface area contributed by atoms with Gasteiger partial charge in [0, 0.05) is 25.2 Å². The number of hydrogen-bond donors (Lipinski definition) is 1. The third-order valence-corrected chi connectivity index (χ3v) is 6.87. The van der Waals surface area contributed by atoms with Crippen molar-refractivity contribution < 1.29 is 17.6 Å². The zero-order chi connectivity index (χ0) is 20.1. The van der Waals surface area contributed by atoms with Crippen molar-refractivity contribution in [2.24, 2.45) is 0 Å². The molecule has 2 heterocycles. The van der Waals surface area contributed by atoms with E-state index >= 15 is 0 Å². The smallest absolute Gasteiger partial charge is 0.243 e. The van der Waals surface area contributed by atoms with Gasteiger partial charge in [-0.25, -0.2) is 8.42 Å². The lowest BCUT2D eigenvalue weighted by molar-refractivity contribution is 0.0987. The fourth-order valence-corrected chi connectivity index (χ4v) is 4.91. The molecule has 1 atom stereocenters. The number of benzene rings is 1. The minimum Gasteiger partial charge on any atom is -0.468 e. The lowest BCUT2D eigenvalue weighted by Crippen LogP contribution is -2.33. The Morgan fingerprint density at radius 3 is 2.61 bits per heavy atom. The van der Waals surface area contributed by atoms with E-state index in [1.807, 2.05) is 31.1 Å². The van der Waals surface area contributed by atoms with Crippen LogP contribution in [-0.4, -0.2) is 63.7 Å². The summed E-state index contributed by atoms with van der Waals surface area (Å²) in [7, 11) is 0.368. The van der Waals surface area contributed by atoms with E-state index in [0.29, 0.717) is 25.2 Å². The maximum atomic E-state index is 12.7. The number of ketones is 1. The van der Waals surface area contributed by atoms with Crippen LogP contribution >= 0.6 is 0 Å². The SMILES string of the molecule is CN(C)C(CNCC(=O)c1cccc(S(=O)(=O)N2CCCC2)c1)c1ccco1. The highest BCUT2D eigenvalue weighted by Gasteiger charge is 2.27. The normalized spacial score (nSPS) is 16.5. The summed E-state index contributed by atoms with van der Waals surface area (Å²) in [5.41, 5.74) is 0.396. The van der Waals surface area contributed by atoms with E-state index in [1.165, 1.54) is 10.4 Å². The average molecular weight is 406 g/mol. The Morgan fingerprint density at radius 1 is 1.21 bits per heavy atom. The molecule has 7 nitrogen and oxygen atoms in total. The number of Topliss-reactive ketones (excluding diaryl/α,β-unsaturated/α-hetero) is 1. The van der Waals surface area contributed by atoms with Crippen LogP contribution in [0.2, 0.25) is 0 Å². The zero-order valence-corrected chi connectivity index (χ0v) is 17.1. The van der Waals surface area contributed by atoms with E-state index in [2.05, 4.69) is 5.32 Å². The number of nitrogens with zero attached hydrogens (tertiary/aromatic N) is 2. The Morgan fingerprint density at radius 2 is 1.96 bits per heavy atom. The number of carbonyl (C=O) groups is 1. The molecule has 1 aromatic heterocycles. The second kappa shape index (κ2) is 9.00. The highest BCUT2D eigenvalue weighted by Crippen LogP contribution is 2.22. The van der Waals surface area contributed by atoms with Crippen LogP contribution < -0.4 is 5.32 Å². The van der Waals surface area contributed by atoms with Gasteiger partial charge in [-0.3, -0.25) is 9.69 Å². The molecule has 1 aliphatic rings. The van der Waals surface area contributed by atoms with Gasteiger partial charge >= 0.3 is 0 Å². The van der Waals surface area contributed by atoms with Crippen LogP contribution in [0.4, 0.5) is 0 Å². The van der Waals surface area contributed by atoms with Gasteiger partial charge in [-0.1, -0.05) is 12.1 Å². The van der Waals surface area contributed by atoms with Gasteiger partial charge in [0.2, 0.25) is 10.0 Å². The van der Waals surface area contributed by atoms with Crippen molar-refractivity contribution in [3.63, 3.8) is 0 Å². The van der Waals surface area contributed by atoms with E-state index in [0.717, 1.165) is 18.6 Å². The van der Waals surface area contributed by atoms with Crippen molar-refractivity contribution in [1.82, 2.24) is 14.5 Å². The molecule has 0 spiro atoms. The summed E-state index contributed by atoms with van der Waals surface area (Å²) in [6.07, 6.45) is 3.39. The van der Waals surface area contributed by atoms with Crippen molar-refractivity contribution in [3.05, 3.63) is 54.0 Å². The first-order valence-electron chi connectivity index (χ1n) is 9.43. The van der Waals surface area contributed by atoms with E-state index in [1.54, 1.807) is 24.5 Å². The molecule has 1 fully saturated rings. The summed E-state index contributed by atoms with van der Waals surface area (Å²) in [5, 5.41) is 3.16. The Balaban J connectivity index is 1.63. The van der Waals surface area contributed by atoms with Crippen LogP contribution in [0.15, 0.2) is 52.0 Å². The molecule has 1 N–H and O–H groups in total. The van der Waals surface area contributed by atoms with Crippen LogP contribution in [0.25, 0.3) is 0 Å². The Kier molecular flexibility index (Phi) is 6.66. The molecule has 28 heavy (non-hydrogen) atoms. The highest BCUT2D eigenvalue weighted by molar-refractivity contribution is 7.89. The zero-order valence-electron chi connectivity index (χ0n) is 16.3. The molecule has 2 aromatic rings. The molecular weight excluding hydrogens is 378 g/mol. The van der Waals surface area contributed by atoms with Gasteiger partial charge in [-0.15, -0.1) is 0 Å². The molecule has 1 aliphatic heterocycles. The second-order valence-corrected chi connectivity index (χ2v) is 9.13. The lowest BCUT2D eigenvalue weighted by atomic mass is 10.1.